The second-order valence-corrected chi connectivity index (χ2v) is 7.04. The fourth-order valence-corrected chi connectivity index (χ4v) is 3.00. The van der Waals surface area contributed by atoms with E-state index in [1.807, 2.05) is 13.0 Å². The molecule has 3 heteroatoms. The molecule has 2 nitrogen and oxygen atoms in total. The average molecular weight is 282 g/mol. The molecule has 1 aliphatic carbocycles. The van der Waals surface area contributed by atoms with Crippen LogP contribution in [-0.4, -0.2) is 11.1 Å². The van der Waals surface area contributed by atoms with E-state index in [2.05, 4.69) is 25.8 Å². The minimum atomic E-state index is 0.304. The van der Waals surface area contributed by atoms with E-state index >= 15 is 0 Å². The molecule has 19 heavy (non-hydrogen) atoms. The summed E-state index contributed by atoms with van der Waals surface area (Å²) in [7, 11) is 0. The Morgan fingerprint density at radius 3 is 2.42 bits per heavy atom. The first-order valence-electron chi connectivity index (χ1n) is 7.15. The van der Waals surface area contributed by atoms with Gasteiger partial charge in [0, 0.05) is 12.3 Å². The van der Waals surface area contributed by atoms with Gasteiger partial charge in [0.25, 0.3) is 0 Å². The second kappa shape index (κ2) is 5.70. The lowest BCUT2D eigenvalue weighted by atomic mass is 9.72. The van der Waals surface area contributed by atoms with Gasteiger partial charge in [-0.05, 0) is 43.9 Å². The maximum atomic E-state index is 6.23. The van der Waals surface area contributed by atoms with Crippen molar-refractivity contribution in [2.45, 2.75) is 59.5 Å². The van der Waals surface area contributed by atoms with Crippen molar-refractivity contribution in [1.82, 2.24) is 4.98 Å². The Balaban J connectivity index is 1.94. The Hall–Kier alpha value is -0.760. The lowest BCUT2D eigenvalue weighted by molar-refractivity contribution is 0.0882. The molecule has 0 amide bonds. The average Bonchev–Trinajstić information content (AvgIpc) is 2.35. The van der Waals surface area contributed by atoms with Crippen LogP contribution in [0.3, 0.4) is 0 Å². The SMILES string of the molecule is Cc1nccc(OC2CCC(C(C)(C)C)CC2)c1Cl. The van der Waals surface area contributed by atoms with Crippen LogP contribution in [-0.2, 0) is 0 Å². The summed E-state index contributed by atoms with van der Waals surface area (Å²) in [5, 5.41) is 0.653. The molecule has 1 aliphatic rings. The number of rotatable bonds is 2. The van der Waals surface area contributed by atoms with Crippen LogP contribution >= 0.6 is 11.6 Å². The first-order chi connectivity index (χ1) is 8.88. The highest BCUT2D eigenvalue weighted by Gasteiger charge is 2.30. The monoisotopic (exact) mass is 281 g/mol. The van der Waals surface area contributed by atoms with Gasteiger partial charge in [0.05, 0.1) is 11.8 Å². The maximum absolute atomic E-state index is 6.23. The van der Waals surface area contributed by atoms with E-state index in [1.54, 1.807) is 6.20 Å². The highest BCUT2D eigenvalue weighted by molar-refractivity contribution is 6.32. The lowest BCUT2D eigenvalue weighted by Crippen LogP contribution is -2.30. The molecule has 2 rings (SSSR count). The third-order valence-corrected chi connectivity index (χ3v) is 4.68. The van der Waals surface area contributed by atoms with Crippen LogP contribution in [0, 0.1) is 18.3 Å². The smallest absolute Gasteiger partial charge is 0.141 e. The molecular formula is C16H24ClNO. The second-order valence-electron chi connectivity index (χ2n) is 6.67. The summed E-state index contributed by atoms with van der Waals surface area (Å²) in [4.78, 5) is 4.16. The van der Waals surface area contributed by atoms with Crippen LogP contribution in [0.5, 0.6) is 5.75 Å². The van der Waals surface area contributed by atoms with Crippen LogP contribution in [0.2, 0.25) is 5.02 Å². The molecule has 1 aromatic heterocycles. The Labute approximate surface area is 121 Å². The molecule has 0 N–H and O–H groups in total. The molecule has 106 valence electrons. The number of ether oxygens (including phenoxy) is 1. The summed E-state index contributed by atoms with van der Waals surface area (Å²) < 4.78 is 6.06. The van der Waals surface area contributed by atoms with E-state index in [-0.39, 0.29) is 0 Å². The van der Waals surface area contributed by atoms with Gasteiger partial charge in [-0.15, -0.1) is 0 Å². The lowest BCUT2D eigenvalue weighted by Gasteiger charge is -2.37. The van der Waals surface area contributed by atoms with Crippen molar-refractivity contribution >= 4 is 11.6 Å². The van der Waals surface area contributed by atoms with Crippen molar-refractivity contribution < 1.29 is 4.74 Å². The third-order valence-electron chi connectivity index (χ3n) is 4.22. The predicted molar refractivity (Wildman–Crippen MR) is 79.8 cm³/mol. The summed E-state index contributed by atoms with van der Waals surface area (Å²) in [6.07, 6.45) is 6.81. The number of aromatic nitrogens is 1. The first kappa shape index (κ1) is 14.6. The molecule has 0 radical (unpaired) electrons. The highest BCUT2D eigenvalue weighted by atomic mass is 35.5. The van der Waals surface area contributed by atoms with E-state index in [1.165, 1.54) is 12.8 Å². The van der Waals surface area contributed by atoms with E-state index < -0.39 is 0 Å². The molecule has 1 saturated carbocycles. The fourth-order valence-electron chi connectivity index (χ4n) is 2.84. The van der Waals surface area contributed by atoms with Crippen molar-refractivity contribution in [3.63, 3.8) is 0 Å². The van der Waals surface area contributed by atoms with Gasteiger partial charge in [0.2, 0.25) is 0 Å². The maximum Gasteiger partial charge on any atom is 0.141 e. The van der Waals surface area contributed by atoms with Crippen molar-refractivity contribution in [3.8, 4) is 5.75 Å². The Kier molecular flexibility index (Phi) is 4.39. The number of hydrogen-bond donors (Lipinski definition) is 0. The zero-order valence-electron chi connectivity index (χ0n) is 12.4. The van der Waals surface area contributed by atoms with Gasteiger partial charge in [-0.25, -0.2) is 0 Å². The quantitative estimate of drug-likeness (QED) is 0.759. The summed E-state index contributed by atoms with van der Waals surface area (Å²) in [6, 6.07) is 1.87. The van der Waals surface area contributed by atoms with Crippen LogP contribution in [0.15, 0.2) is 12.3 Å². The van der Waals surface area contributed by atoms with E-state index in [4.69, 9.17) is 16.3 Å². The van der Waals surface area contributed by atoms with Gasteiger partial charge in [0.1, 0.15) is 10.8 Å². The summed E-state index contributed by atoms with van der Waals surface area (Å²) in [5.41, 5.74) is 1.25. The molecule has 0 atom stereocenters. The van der Waals surface area contributed by atoms with Crippen molar-refractivity contribution in [2.75, 3.05) is 0 Å². The molecule has 0 spiro atoms. The van der Waals surface area contributed by atoms with Gasteiger partial charge in [-0.3, -0.25) is 4.98 Å². The molecule has 1 heterocycles. The van der Waals surface area contributed by atoms with Gasteiger partial charge < -0.3 is 4.74 Å². The third kappa shape index (κ3) is 3.62. The minimum Gasteiger partial charge on any atom is -0.489 e. The van der Waals surface area contributed by atoms with Gasteiger partial charge >= 0.3 is 0 Å². The van der Waals surface area contributed by atoms with Gasteiger partial charge in [-0.2, -0.15) is 0 Å². The molecule has 0 bridgehead atoms. The molecule has 1 fully saturated rings. The standard InChI is InChI=1S/C16H24ClNO/c1-11-15(17)14(9-10-18-11)19-13-7-5-12(6-8-13)16(2,3)4/h9-10,12-13H,5-8H2,1-4H3. The fraction of sp³-hybridized carbons (Fsp3) is 0.688. The van der Waals surface area contributed by atoms with E-state index in [0.717, 1.165) is 30.2 Å². The molecule has 0 saturated heterocycles. The van der Waals surface area contributed by atoms with E-state index in [9.17, 15) is 0 Å². The normalized spacial score (nSPS) is 24.3. The number of nitrogens with zero attached hydrogens (tertiary/aromatic N) is 1. The molecular weight excluding hydrogens is 258 g/mol. The summed E-state index contributed by atoms with van der Waals surface area (Å²) in [6.45, 7) is 8.91. The zero-order chi connectivity index (χ0) is 14.0. The van der Waals surface area contributed by atoms with Crippen molar-refractivity contribution in [1.29, 1.82) is 0 Å². The molecule has 0 aliphatic heterocycles. The van der Waals surface area contributed by atoms with Crippen molar-refractivity contribution in [2.24, 2.45) is 11.3 Å². The highest BCUT2D eigenvalue weighted by Crippen LogP contribution is 2.39. The van der Waals surface area contributed by atoms with Gasteiger partial charge in [0.15, 0.2) is 0 Å². The predicted octanol–water partition coefficient (Wildman–Crippen LogP) is 5.03. The Morgan fingerprint density at radius 1 is 1.21 bits per heavy atom. The van der Waals surface area contributed by atoms with Crippen LogP contribution in [0.1, 0.15) is 52.1 Å². The Bertz CT molecular complexity index is 431. The van der Waals surface area contributed by atoms with Crippen molar-refractivity contribution in [3.05, 3.63) is 23.0 Å². The van der Waals surface area contributed by atoms with Crippen LogP contribution < -0.4 is 4.74 Å². The van der Waals surface area contributed by atoms with E-state index in [0.29, 0.717) is 16.5 Å². The van der Waals surface area contributed by atoms with Gasteiger partial charge in [-0.1, -0.05) is 32.4 Å². The summed E-state index contributed by atoms with van der Waals surface area (Å²) in [5.74, 6) is 1.59. The number of pyridine rings is 1. The Morgan fingerprint density at radius 2 is 1.84 bits per heavy atom. The molecule has 1 aromatic rings. The van der Waals surface area contributed by atoms with Crippen LogP contribution in [0.4, 0.5) is 0 Å². The molecule has 0 aromatic carbocycles. The summed E-state index contributed by atoms with van der Waals surface area (Å²) >= 11 is 6.23. The number of halogens is 1. The topological polar surface area (TPSA) is 22.1 Å². The number of hydrogen-bond acceptors (Lipinski definition) is 2. The largest absolute Gasteiger partial charge is 0.489 e. The van der Waals surface area contributed by atoms with Crippen LogP contribution in [0.25, 0.3) is 0 Å². The minimum absolute atomic E-state index is 0.304. The molecule has 0 unspecified atom stereocenters. The zero-order valence-corrected chi connectivity index (χ0v) is 13.1. The number of aryl methyl sites for hydroxylation is 1. The first-order valence-corrected chi connectivity index (χ1v) is 7.53.